The summed E-state index contributed by atoms with van der Waals surface area (Å²) in [6.45, 7) is 0.541. The Morgan fingerprint density at radius 2 is 1.93 bits per heavy atom. The standard InChI is InChI=1S/C21H18N6S2/c1-27-18(22)14(11-24-27)10-23-20-17-15(13-6-3-2-4-7-13)12-29-21(17)26-19(25-20)16-8-5-9-28-16/h2-9,11-12H,10,22H2,1H3,(H,23,25,26). The summed E-state index contributed by atoms with van der Waals surface area (Å²) < 4.78 is 1.67. The molecule has 0 bridgehead atoms. The number of fused-ring (bicyclic) bond motifs is 1. The molecule has 0 spiro atoms. The first kappa shape index (κ1) is 17.8. The highest BCUT2D eigenvalue weighted by molar-refractivity contribution is 7.17. The van der Waals surface area contributed by atoms with Crippen molar-refractivity contribution < 1.29 is 0 Å². The zero-order valence-corrected chi connectivity index (χ0v) is 17.3. The van der Waals surface area contributed by atoms with Gasteiger partial charge in [0.1, 0.15) is 16.5 Å². The van der Waals surface area contributed by atoms with Gasteiger partial charge in [-0.2, -0.15) is 5.10 Å². The van der Waals surface area contributed by atoms with Gasteiger partial charge in [-0.3, -0.25) is 4.68 Å². The van der Waals surface area contributed by atoms with E-state index in [4.69, 9.17) is 15.7 Å². The number of nitrogens with zero attached hydrogens (tertiary/aromatic N) is 4. The summed E-state index contributed by atoms with van der Waals surface area (Å²) in [5, 5.41) is 12.9. The molecule has 6 nitrogen and oxygen atoms in total. The van der Waals surface area contributed by atoms with Crippen LogP contribution in [-0.4, -0.2) is 19.7 Å². The molecule has 3 N–H and O–H groups in total. The van der Waals surface area contributed by atoms with E-state index in [0.29, 0.717) is 12.4 Å². The fourth-order valence-electron chi connectivity index (χ4n) is 3.22. The van der Waals surface area contributed by atoms with Crippen molar-refractivity contribution in [3.63, 3.8) is 0 Å². The number of anilines is 2. The van der Waals surface area contributed by atoms with Crippen LogP contribution < -0.4 is 11.1 Å². The minimum absolute atomic E-state index is 0.541. The van der Waals surface area contributed by atoms with E-state index in [1.807, 2.05) is 42.8 Å². The lowest BCUT2D eigenvalue weighted by Gasteiger charge is -2.10. The zero-order chi connectivity index (χ0) is 19.8. The normalized spacial score (nSPS) is 11.2. The fraction of sp³-hybridized carbons (Fsp3) is 0.0952. The Bertz CT molecular complexity index is 1270. The van der Waals surface area contributed by atoms with Crippen LogP contribution in [0, 0.1) is 0 Å². The van der Waals surface area contributed by atoms with E-state index in [-0.39, 0.29) is 0 Å². The lowest BCUT2D eigenvalue weighted by Crippen LogP contribution is -2.06. The van der Waals surface area contributed by atoms with E-state index in [2.05, 4.69) is 27.9 Å². The highest BCUT2D eigenvalue weighted by Gasteiger charge is 2.17. The number of hydrogen-bond donors (Lipinski definition) is 2. The van der Waals surface area contributed by atoms with Gasteiger partial charge in [0.15, 0.2) is 5.82 Å². The molecule has 0 radical (unpaired) electrons. The van der Waals surface area contributed by atoms with E-state index in [9.17, 15) is 0 Å². The molecule has 0 atom stereocenters. The minimum atomic E-state index is 0.541. The lowest BCUT2D eigenvalue weighted by molar-refractivity contribution is 0.778. The average Bonchev–Trinajstić information content (AvgIpc) is 3.49. The Balaban J connectivity index is 1.63. The first-order chi connectivity index (χ1) is 14.2. The van der Waals surface area contributed by atoms with Crippen molar-refractivity contribution in [2.45, 2.75) is 6.54 Å². The predicted octanol–water partition coefficient (Wildman–Crippen LogP) is 5.01. The summed E-state index contributed by atoms with van der Waals surface area (Å²) in [6, 6.07) is 14.4. The number of nitrogen functional groups attached to an aromatic ring is 1. The van der Waals surface area contributed by atoms with Crippen molar-refractivity contribution in [1.29, 1.82) is 0 Å². The van der Waals surface area contributed by atoms with E-state index >= 15 is 0 Å². The molecular weight excluding hydrogens is 400 g/mol. The van der Waals surface area contributed by atoms with Gasteiger partial charge in [-0.15, -0.1) is 22.7 Å². The number of aromatic nitrogens is 4. The maximum Gasteiger partial charge on any atom is 0.173 e. The molecule has 8 heteroatoms. The third-order valence-corrected chi connectivity index (χ3v) is 6.51. The van der Waals surface area contributed by atoms with E-state index in [1.54, 1.807) is 33.6 Å². The second kappa shape index (κ2) is 7.31. The molecule has 0 aliphatic rings. The number of rotatable bonds is 5. The fourth-order valence-corrected chi connectivity index (χ4v) is 4.83. The van der Waals surface area contributed by atoms with Crippen LogP contribution in [0.25, 0.3) is 32.0 Å². The van der Waals surface area contributed by atoms with Crippen LogP contribution in [0.5, 0.6) is 0 Å². The molecule has 1 aromatic carbocycles. The van der Waals surface area contributed by atoms with E-state index in [1.165, 1.54) is 0 Å². The molecule has 0 saturated heterocycles. The molecule has 0 unspecified atom stereocenters. The molecule has 0 amide bonds. The Kier molecular flexibility index (Phi) is 4.49. The lowest BCUT2D eigenvalue weighted by atomic mass is 10.1. The second-order valence-corrected chi connectivity index (χ2v) is 8.41. The summed E-state index contributed by atoms with van der Waals surface area (Å²) in [6.07, 6.45) is 1.78. The van der Waals surface area contributed by atoms with Gasteiger partial charge in [0.05, 0.1) is 16.5 Å². The largest absolute Gasteiger partial charge is 0.384 e. The Morgan fingerprint density at radius 1 is 1.07 bits per heavy atom. The smallest absolute Gasteiger partial charge is 0.173 e. The molecule has 29 heavy (non-hydrogen) atoms. The van der Waals surface area contributed by atoms with Crippen molar-refractivity contribution in [3.8, 4) is 21.8 Å². The van der Waals surface area contributed by atoms with Gasteiger partial charge in [0.2, 0.25) is 0 Å². The molecule has 5 aromatic rings. The van der Waals surface area contributed by atoms with Crippen molar-refractivity contribution in [2.75, 3.05) is 11.1 Å². The zero-order valence-electron chi connectivity index (χ0n) is 15.7. The Hall–Kier alpha value is -3.23. The first-order valence-corrected chi connectivity index (χ1v) is 10.9. The average molecular weight is 419 g/mol. The van der Waals surface area contributed by atoms with Crippen molar-refractivity contribution in [1.82, 2.24) is 19.7 Å². The van der Waals surface area contributed by atoms with Gasteiger partial charge in [0, 0.05) is 30.1 Å². The Labute approximate surface area is 175 Å². The quantitative estimate of drug-likeness (QED) is 0.419. The van der Waals surface area contributed by atoms with Crippen LogP contribution in [0.15, 0.2) is 59.4 Å². The SMILES string of the molecule is Cn1ncc(CNc2nc(-c3cccs3)nc3scc(-c4ccccc4)c23)c1N. The Morgan fingerprint density at radius 3 is 2.66 bits per heavy atom. The van der Waals surface area contributed by atoms with Gasteiger partial charge < -0.3 is 11.1 Å². The summed E-state index contributed by atoms with van der Waals surface area (Å²) >= 11 is 3.27. The number of thiophene rings is 2. The summed E-state index contributed by atoms with van der Waals surface area (Å²) in [7, 11) is 1.84. The monoisotopic (exact) mass is 418 g/mol. The van der Waals surface area contributed by atoms with Crippen LogP contribution >= 0.6 is 22.7 Å². The predicted molar refractivity (Wildman–Crippen MR) is 121 cm³/mol. The van der Waals surface area contributed by atoms with Gasteiger partial charge in [-0.05, 0) is 17.0 Å². The third kappa shape index (κ3) is 3.26. The molecule has 0 aliphatic heterocycles. The maximum atomic E-state index is 6.12. The first-order valence-electron chi connectivity index (χ1n) is 9.09. The highest BCUT2D eigenvalue weighted by atomic mass is 32.1. The second-order valence-electron chi connectivity index (χ2n) is 6.60. The van der Waals surface area contributed by atoms with Gasteiger partial charge >= 0.3 is 0 Å². The maximum absolute atomic E-state index is 6.12. The summed E-state index contributed by atoms with van der Waals surface area (Å²) in [5.41, 5.74) is 9.34. The number of benzene rings is 1. The topological polar surface area (TPSA) is 81.7 Å². The molecule has 144 valence electrons. The molecule has 0 fully saturated rings. The number of aryl methyl sites for hydroxylation is 1. The number of hydrogen-bond acceptors (Lipinski definition) is 7. The number of nitrogens with one attached hydrogen (secondary N) is 1. The van der Waals surface area contributed by atoms with Crippen molar-refractivity contribution in [3.05, 3.63) is 65.0 Å². The minimum Gasteiger partial charge on any atom is -0.384 e. The van der Waals surface area contributed by atoms with E-state index < -0.39 is 0 Å². The summed E-state index contributed by atoms with van der Waals surface area (Å²) in [4.78, 5) is 11.7. The van der Waals surface area contributed by atoms with Crippen LogP contribution in [0.1, 0.15) is 5.56 Å². The van der Waals surface area contributed by atoms with Gasteiger partial charge in [-0.25, -0.2) is 9.97 Å². The molecule has 4 heterocycles. The van der Waals surface area contributed by atoms with Crippen molar-refractivity contribution in [2.24, 2.45) is 7.05 Å². The molecule has 5 rings (SSSR count). The van der Waals surface area contributed by atoms with Crippen LogP contribution in [-0.2, 0) is 13.6 Å². The molecule has 0 saturated carbocycles. The highest BCUT2D eigenvalue weighted by Crippen LogP contribution is 2.38. The molecule has 4 aromatic heterocycles. The van der Waals surface area contributed by atoms with Gasteiger partial charge in [0.25, 0.3) is 0 Å². The van der Waals surface area contributed by atoms with E-state index in [0.717, 1.165) is 43.4 Å². The third-order valence-electron chi connectivity index (χ3n) is 4.77. The van der Waals surface area contributed by atoms with Crippen molar-refractivity contribution >= 4 is 44.5 Å². The molecular formula is C21H18N6S2. The molecule has 0 aliphatic carbocycles. The van der Waals surface area contributed by atoms with Crippen LogP contribution in [0.4, 0.5) is 11.6 Å². The summed E-state index contributed by atoms with van der Waals surface area (Å²) in [5.74, 6) is 2.19. The van der Waals surface area contributed by atoms with Gasteiger partial charge in [-0.1, -0.05) is 36.4 Å². The van der Waals surface area contributed by atoms with Crippen LogP contribution in [0.2, 0.25) is 0 Å². The van der Waals surface area contributed by atoms with Crippen LogP contribution in [0.3, 0.4) is 0 Å². The number of nitrogens with two attached hydrogens (primary N) is 1.